The van der Waals surface area contributed by atoms with Gasteiger partial charge in [0.15, 0.2) is 0 Å². The Balaban J connectivity index is 3.47. The number of likely N-dealkylation sites (N-methyl/N-ethyl adjacent to an activating group) is 1. The van der Waals surface area contributed by atoms with E-state index < -0.39 is 18.1 Å². The molecule has 0 aliphatic carbocycles. The molecule has 15 nitrogen and oxygen atoms in total. The lowest BCUT2D eigenvalue weighted by Crippen LogP contribution is -2.36. The number of carbonyl (C=O) groups excluding carboxylic acids is 4. The van der Waals surface area contributed by atoms with Crippen LogP contribution in [-0.4, -0.2) is 126 Å². The van der Waals surface area contributed by atoms with Gasteiger partial charge in [0.1, 0.15) is 19.3 Å². The molecule has 3 amide bonds. The third kappa shape index (κ3) is 24.3. The van der Waals surface area contributed by atoms with Gasteiger partial charge in [-0.05, 0) is 32.7 Å². The van der Waals surface area contributed by atoms with E-state index in [1.54, 1.807) is 0 Å². The summed E-state index contributed by atoms with van der Waals surface area (Å²) < 4.78 is 23.7. The van der Waals surface area contributed by atoms with Crippen LogP contribution in [0.15, 0.2) is 0 Å². The summed E-state index contributed by atoms with van der Waals surface area (Å²) >= 11 is 7.64. The second-order valence-electron chi connectivity index (χ2n) is 8.61. The van der Waals surface area contributed by atoms with Crippen LogP contribution in [0, 0.1) is 0 Å². The summed E-state index contributed by atoms with van der Waals surface area (Å²) in [7, 11) is 1.53. The van der Waals surface area contributed by atoms with Crippen LogP contribution in [0.5, 0.6) is 0 Å². The van der Waals surface area contributed by atoms with Crippen molar-refractivity contribution in [3.05, 3.63) is 0 Å². The van der Waals surface area contributed by atoms with Crippen molar-refractivity contribution in [3.8, 4) is 0 Å². The molecule has 0 aromatic heterocycles. The maximum atomic E-state index is 11.7. The first-order chi connectivity index (χ1) is 19.7. The van der Waals surface area contributed by atoms with Gasteiger partial charge in [-0.25, -0.2) is 0 Å². The molecule has 17 heteroatoms. The van der Waals surface area contributed by atoms with Gasteiger partial charge in [-0.1, -0.05) is 12.8 Å². The van der Waals surface area contributed by atoms with Gasteiger partial charge in [-0.15, -0.1) is 12.6 Å². The number of hydrogen-bond acceptors (Lipinski definition) is 12. The first-order valence-electron chi connectivity index (χ1n) is 13.3. The SMILES string of the molecule is CNC(CCC(=O)NCCOCCOCC(=O)NCCOCCOCC(=O)NCCCCC(NS)C(=O)S)C(=O)O. The second-order valence-corrected chi connectivity index (χ2v) is 9.31. The molecule has 0 saturated heterocycles. The zero-order chi connectivity index (χ0) is 30.7. The number of aliphatic carboxylic acids is 1. The van der Waals surface area contributed by atoms with E-state index in [1.165, 1.54) is 7.05 Å². The van der Waals surface area contributed by atoms with Gasteiger partial charge in [0.2, 0.25) is 22.8 Å². The molecule has 0 aromatic carbocycles. The van der Waals surface area contributed by atoms with Crippen LogP contribution in [-0.2, 0) is 42.9 Å². The standard InChI is InChI=1S/C24H45N5O10S2/c1-25-18(23(33)34)5-6-20(30)27-8-10-36-12-15-39-17-22(32)28-9-11-37-13-14-38-16-21(31)26-7-3-2-4-19(29-41)24(35)40/h18-19,25,29,41H,2-17H2,1H3,(H,26,31)(H,27,30)(H,28,32)(H,33,34)(H,35,40). The van der Waals surface area contributed by atoms with Crippen molar-refractivity contribution in [1.82, 2.24) is 26.0 Å². The molecule has 238 valence electrons. The monoisotopic (exact) mass is 627 g/mol. The Morgan fingerprint density at radius 3 is 1.68 bits per heavy atom. The smallest absolute Gasteiger partial charge is 0.320 e. The number of carbonyl (C=O) groups is 5. The van der Waals surface area contributed by atoms with Gasteiger partial charge >= 0.3 is 5.97 Å². The zero-order valence-electron chi connectivity index (χ0n) is 23.5. The molecule has 0 radical (unpaired) electrons. The summed E-state index contributed by atoms with van der Waals surface area (Å²) in [5.41, 5.74) is 0. The summed E-state index contributed by atoms with van der Waals surface area (Å²) in [4.78, 5) is 57.2. The number of unbranched alkanes of at least 4 members (excludes halogenated alkanes) is 1. The highest BCUT2D eigenvalue weighted by molar-refractivity contribution is 7.96. The van der Waals surface area contributed by atoms with E-state index in [-0.39, 0.29) is 95.1 Å². The second kappa shape index (κ2) is 26.9. The van der Waals surface area contributed by atoms with Crippen LogP contribution in [0.3, 0.4) is 0 Å². The largest absolute Gasteiger partial charge is 0.480 e. The third-order valence-electron chi connectivity index (χ3n) is 5.35. The van der Waals surface area contributed by atoms with E-state index in [2.05, 4.69) is 51.4 Å². The van der Waals surface area contributed by atoms with Crippen LogP contribution in [0.4, 0.5) is 0 Å². The molecule has 6 N–H and O–H groups in total. The fourth-order valence-corrected chi connectivity index (χ4v) is 3.64. The van der Waals surface area contributed by atoms with Gasteiger partial charge < -0.3 is 45.3 Å². The number of rotatable bonds is 28. The Labute approximate surface area is 251 Å². The summed E-state index contributed by atoms with van der Waals surface area (Å²) in [5, 5.41) is 19.3. The van der Waals surface area contributed by atoms with E-state index >= 15 is 0 Å². The highest BCUT2D eigenvalue weighted by Gasteiger charge is 2.16. The fraction of sp³-hybridized carbons (Fsp3) is 0.792. The summed E-state index contributed by atoms with van der Waals surface area (Å²) in [5.74, 6) is -1.80. The van der Waals surface area contributed by atoms with E-state index in [0.29, 0.717) is 25.9 Å². The lowest BCUT2D eigenvalue weighted by atomic mass is 10.1. The van der Waals surface area contributed by atoms with Gasteiger partial charge in [0.25, 0.3) is 0 Å². The van der Waals surface area contributed by atoms with E-state index in [0.717, 1.165) is 6.42 Å². The normalized spacial score (nSPS) is 12.4. The van der Waals surface area contributed by atoms with E-state index in [9.17, 15) is 24.0 Å². The van der Waals surface area contributed by atoms with Crippen molar-refractivity contribution in [2.24, 2.45) is 0 Å². The number of ether oxygens (including phenoxy) is 4. The highest BCUT2D eigenvalue weighted by atomic mass is 32.1. The van der Waals surface area contributed by atoms with Crippen molar-refractivity contribution < 1.29 is 48.0 Å². The molecule has 0 fully saturated rings. The van der Waals surface area contributed by atoms with Crippen LogP contribution >= 0.6 is 25.4 Å². The predicted molar refractivity (Wildman–Crippen MR) is 156 cm³/mol. The Morgan fingerprint density at radius 2 is 1.20 bits per heavy atom. The minimum Gasteiger partial charge on any atom is -0.480 e. The fourth-order valence-electron chi connectivity index (χ4n) is 3.10. The Bertz CT molecular complexity index is 766. The van der Waals surface area contributed by atoms with E-state index in [4.69, 9.17) is 24.1 Å². The maximum absolute atomic E-state index is 11.7. The minimum atomic E-state index is -1.00. The molecule has 0 aliphatic rings. The van der Waals surface area contributed by atoms with Gasteiger partial charge in [0.05, 0.1) is 45.7 Å². The van der Waals surface area contributed by atoms with Crippen LogP contribution in [0.1, 0.15) is 32.1 Å². The zero-order valence-corrected chi connectivity index (χ0v) is 25.3. The number of carboxylic acids is 1. The molecule has 0 saturated carbocycles. The summed E-state index contributed by atoms with van der Waals surface area (Å²) in [6, 6.07) is -1.17. The Kier molecular flexibility index (Phi) is 25.6. The van der Waals surface area contributed by atoms with Crippen molar-refractivity contribution in [1.29, 1.82) is 0 Å². The van der Waals surface area contributed by atoms with Crippen molar-refractivity contribution in [2.45, 2.75) is 44.2 Å². The molecule has 2 unspecified atom stereocenters. The minimum absolute atomic E-state index is 0.0856. The quantitative estimate of drug-likeness (QED) is 0.0361. The topological polar surface area (TPSA) is 203 Å². The van der Waals surface area contributed by atoms with Crippen LogP contribution in [0.25, 0.3) is 0 Å². The molecule has 41 heavy (non-hydrogen) atoms. The average molecular weight is 628 g/mol. The lowest BCUT2D eigenvalue weighted by Gasteiger charge is -2.11. The van der Waals surface area contributed by atoms with Crippen molar-refractivity contribution in [2.75, 3.05) is 79.5 Å². The molecule has 0 heterocycles. The maximum Gasteiger partial charge on any atom is 0.320 e. The number of thiol groups is 2. The average Bonchev–Trinajstić information content (AvgIpc) is 2.93. The van der Waals surface area contributed by atoms with Crippen LogP contribution < -0.4 is 26.0 Å². The number of carboxylic acid groups (broad SMARTS) is 1. The van der Waals surface area contributed by atoms with Gasteiger partial charge in [-0.3, -0.25) is 28.7 Å². The highest BCUT2D eigenvalue weighted by Crippen LogP contribution is 2.04. The van der Waals surface area contributed by atoms with Crippen molar-refractivity contribution >= 4 is 54.2 Å². The molecule has 0 spiro atoms. The number of amides is 3. The lowest BCUT2D eigenvalue weighted by molar-refractivity contribution is -0.139. The van der Waals surface area contributed by atoms with E-state index in [1.807, 2.05) is 0 Å². The predicted octanol–water partition coefficient (Wildman–Crippen LogP) is -1.72. The Hall–Kier alpha value is -1.99. The van der Waals surface area contributed by atoms with Crippen molar-refractivity contribution in [3.63, 3.8) is 0 Å². The van der Waals surface area contributed by atoms with Gasteiger partial charge in [0, 0.05) is 26.1 Å². The number of hydrogen-bond donors (Lipinski definition) is 8. The van der Waals surface area contributed by atoms with Crippen LogP contribution in [0.2, 0.25) is 0 Å². The number of nitrogens with one attached hydrogen (secondary N) is 5. The molecule has 0 aromatic rings. The first kappa shape index (κ1) is 39.0. The molecule has 0 rings (SSSR count). The molecule has 0 bridgehead atoms. The summed E-state index contributed by atoms with van der Waals surface area (Å²) in [6.07, 6.45) is 2.32. The van der Waals surface area contributed by atoms with Gasteiger partial charge in [-0.2, -0.15) is 0 Å². The third-order valence-corrected chi connectivity index (χ3v) is 5.97. The molecule has 0 aliphatic heterocycles. The molecular formula is C24H45N5O10S2. The molecular weight excluding hydrogens is 582 g/mol. The summed E-state index contributed by atoms with van der Waals surface area (Å²) in [6.45, 7) is 2.33. The Morgan fingerprint density at radius 1 is 0.683 bits per heavy atom. The molecule has 2 atom stereocenters. The first-order valence-corrected chi connectivity index (χ1v) is 14.2.